The number of alkyl carbamates (subject to hydrolysis) is 1. The van der Waals surface area contributed by atoms with Crippen LogP contribution in [0.2, 0.25) is 0 Å². The molecular weight excluding hydrogens is 636 g/mol. The lowest BCUT2D eigenvalue weighted by molar-refractivity contribution is -0.149. The number of hydrogen-bond acceptors (Lipinski definition) is 8. The zero-order chi connectivity index (χ0) is 34.8. The predicted octanol–water partition coefficient (Wildman–Crippen LogP) is 5.01. The van der Waals surface area contributed by atoms with Crippen molar-refractivity contribution in [3.63, 3.8) is 0 Å². The summed E-state index contributed by atoms with van der Waals surface area (Å²) in [4.78, 5) is 48.9. The van der Waals surface area contributed by atoms with Crippen molar-refractivity contribution in [1.29, 1.82) is 0 Å². The highest BCUT2D eigenvalue weighted by Gasteiger charge is 2.47. The van der Waals surface area contributed by atoms with Crippen molar-refractivity contribution >= 4 is 28.9 Å². The zero-order valence-electron chi connectivity index (χ0n) is 29.0. The third-order valence-corrected chi connectivity index (χ3v) is 10.7. The molecule has 5 unspecified atom stereocenters. The summed E-state index contributed by atoms with van der Waals surface area (Å²) in [5, 5.41) is 14.2. The summed E-state index contributed by atoms with van der Waals surface area (Å²) in [6.45, 7) is 1.48. The number of carboxylic acids is 1. The van der Waals surface area contributed by atoms with E-state index in [2.05, 4.69) is 10.2 Å². The van der Waals surface area contributed by atoms with Gasteiger partial charge in [0.2, 0.25) is 11.8 Å². The maximum absolute atomic E-state index is 14.5. The standard InChI is InChI=1S/C39H48N4O7/c1-42(2)17-10-18-48-35-29-14-8-9-16-31(29)40-36-30(35)15-5-3-4-13-26-21-33(26)50-39(47)41-34(27-19-24-11-6-7-12-25(24)20-27)37(44)43-23-28(49-36)22-32(43)38(45)46/h6-9,11-12,14,16,26-28,32-34H,3-5,10,13,15,17-23H2,1-2H3,(H,41,47)(H,45,46). The Balaban J connectivity index is 1.21. The van der Waals surface area contributed by atoms with Crippen LogP contribution in [0.3, 0.4) is 0 Å². The molecule has 4 aliphatic rings. The Labute approximate surface area is 293 Å². The molecule has 2 amide bonds. The SMILES string of the molecule is CN(C)CCCOc1c2c(nc3ccccc13)OC1CC(C(=O)O)N(C1)C(=O)C(C1Cc3ccccc3C1)NC(=O)OC1CC1CCCCC2. The highest BCUT2D eigenvalue weighted by Crippen LogP contribution is 2.41. The van der Waals surface area contributed by atoms with Gasteiger partial charge in [0.15, 0.2) is 0 Å². The third kappa shape index (κ3) is 7.52. The predicted molar refractivity (Wildman–Crippen MR) is 187 cm³/mol. The molecule has 2 aliphatic heterocycles. The molecule has 5 atom stereocenters. The van der Waals surface area contributed by atoms with Crippen LogP contribution in [0.5, 0.6) is 11.6 Å². The van der Waals surface area contributed by atoms with E-state index in [0.717, 1.165) is 78.4 Å². The van der Waals surface area contributed by atoms with Crippen LogP contribution in [0, 0.1) is 11.8 Å². The van der Waals surface area contributed by atoms with Gasteiger partial charge in [-0.1, -0.05) is 49.2 Å². The molecule has 2 fully saturated rings. The van der Waals surface area contributed by atoms with Gasteiger partial charge in [-0.15, -0.1) is 0 Å². The molecule has 7 rings (SSSR count). The van der Waals surface area contributed by atoms with E-state index in [1.54, 1.807) is 0 Å². The number of hydrogen-bond donors (Lipinski definition) is 2. The number of carbonyl (C=O) groups is 3. The highest BCUT2D eigenvalue weighted by atomic mass is 16.6. The quantitative estimate of drug-likeness (QED) is 0.330. The van der Waals surface area contributed by atoms with Crippen LogP contribution in [0.15, 0.2) is 48.5 Å². The lowest BCUT2D eigenvalue weighted by Crippen LogP contribution is -2.55. The zero-order valence-corrected chi connectivity index (χ0v) is 29.0. The smallest absolute Gasteiger partial charge is 0.408 e. The van der Waals surface area contributed by atoms with E-state index in [-0.39, 0.29) is 25.0 Å². The summed E-state index contributed by atoms with van der Waals surface area (Å²) in [6, 6.07) is 13.8. The molecule has 11 heteroatoms. The molecule has 50 heavy (non-hydrogen) atoms. The van der Waals surface area contributed by atoms with Gasteiger partial charge in [0.25, 0.3) is 0 Å². The van der Waals surface area contributed by atoms with Gasteiger partial charge in [-0.05, 0) is 94.1 Å². The number of amides is 2. The minimum absolute atomic E-state index is 0.0559. The van der Waals surface area contributed by atoms with Gasteiger partial charge in [0.05, 0.1) is 24.2 Å². The number of para-hydroxylation sites is 1. The van der Waals surface area contributed by atoms with Gasteiger partial charge < -0.3 is 34.4 Å². The Morgan fingerprint density at radius 2 is 1.76 bits per heavy atom. The van der Waals surface area contributed by atoms with Gasteiger partial charge in [0.1, 0.15) is 30.0 Å². The number of carboxylic acid groups (broad SMARTS) is 1. The van der Waals surface area contributed by atoms with Gasteiger partial charge in [-0.2, -0.15) is 0 Å². The molecule has 2 aliphatic carbocycles. The monoisotopic (exact) mass is 684 g/mol. The number of rotatable bonds is 7. The van der Waals surface area contributed by atoms with Gasteiger partial charge in [-0.3, -0.25) is 4.79 Å². The summed E-state index contributed by atoms with van der Waals surface area (Å²) in [5.74, 6) is -0.269. The van der Waals surface area contributed by atoms with Gasteiger partial charge in [0, 0.05) is 18.4 Å². The molecule has 0 spiro atoms. The number of benzene rings is 2. The van der Waals surface area contributed by atoms with Crippen molar-refractivity contribution < 1.29 is 33.7 Å². The lowest BCUT2D eigenvalue weighted by atomic mass is 9.95. The van der Waals surface area contributed by atoms with Crippen molar-refractivity contribution in [2.45, 2.75) is 88.5 Å². The van der Waals surface area contributed by atoms with Crippen LogP contribution < -0.4 is 14.8 Å². The number of nitrogens with one attached hydrogen (secondary N) is 1. The van der Waals surface area contributed by atoms with E-state index in [4.69, 9.17) is 19.2 Å². The second-order valence-electron chi connectivity index (χ2n) is 14.7. The van der Waals surface area contributed by atoms with Crippen molar-refractivity contribution in [3.05, 3.63) is 65.2 Å². The summed E-state index contributed by atoms with van der Waals surface area (Å²) in [5.41, 5.74) is 3.89. The Bertz CT molecular complexity index is 1700. The number of nitrogens with zero attached hydrogens (tertiary/aromatic N) is 3. The third-order valence-electron chi connectivity index (χ3n) is 10.7. The molecule has 11 nitrogen and oxygen atoms in total. The number of carbonyl (C=O) groups excluding carboxylic acids is 2. The first-order chi connectivity index (χ1) is 24.2. The first-order valence-corrected chi connectivity index (χ1v) is 18.2. The fraction of sp³-hybridized carbons (Fsp3) is 0.538. The van der Waals surface area contributed by atoms with E-state index >= 15 is 0 Å². The number of aliphatic carboxylic acids is 1. The van der Waals surface area contributed by atoms with E-state index in [9.17, 15) is 19.5 Å². The number of fused-ring (bicyclic) bond motifs is 6. The second kappa shape index (κ2) is 14.8. The first-order valence-electron chi connectivity index (χ1n) is 18.2. The van der Waals surface area contributed by atoms with E-state index in [1.165, 1.54) is 4.90 Å². The maximum atomic E-state index is 14.5. The highest BCUT2D eigenvalue weighted by molar-refractivity contribution is 5.90. The Kier molecular flexibility index (Phi) is 10.1. The van der Waals surface area contributed by atoms with Gasteiger partial charge in [-0.25, -0.2) is 14.6 Å². The largest absolute Gasteiger partial charge is 0.492 e. The van der Waals surface area contributed by atoms with Crippen molar-refractivity contribution in [2.75, 3.05) is 33.8 Å². The average Bonchev–Trinajstić information content (AvgIpc) is 3.46. The van der Waals surface area contributed by atoms with Crippen molar-refractivity contribution in [3.8, 4) is 11.6 Å². The first kappa shape index (κ1) is 34.1. The topological polar surface area (TPSA) is 131 Å². The number of aromatic nitrogens is 1. The van der Waals surface area contributed by atoms with E-state index in [1.807, 2.05) is 62.6 Å². The lowest BCUT2D eigenvalue weighted by Gasteiger charge is -2.30. The van der Waals surface area contributed by atoms with Crippen molar-refractivity contribution in [1.82, 2.24) is 20.1 Å². The van der Waals surface area contributed by atoms with Crippen LogP contribution >= 0.6 is 0 Å². The molecule has 2 aromatic carbocycles. The molecule has 0 radical (unpaired) electrons. The molecule has 266 valence electrons. The molecule has 3 aromatic rings. The molecule has 3 heterocycles. The van der Waals surface area contributed by atoms with Gasteiger partial charge >= 0.3 is 12.1 Å². The van der Waals surface area contributed by atoms with Crippen LogP contribution in [-0.4, -0.2) is 95.9 Å². The number of pyridine rings is 1. The number of ether oxygens (including phenoxy) is 3. The molecule has 1 aromatic heterocycles. The van der Waals surface area contributed by atoms with Crippen LogP contribution in [0.4, 0.5) is 4.79 Å². The Morgan fingerprint density at radius 3 is 2.52 bits per heavy atom. The molecular formula is C39H48N4O7. The minimum Gasteiger partial charge on any atom is -0.492 e. The van der Waals surface area contributed by atoms with Crippen molar-refractivity contribution in [2.24, 2.45) is 11.8 Å². The van der Waals surface area contributed by atoms with E-state index < -0.39 is 36.2 Å². The molecule has 1 saturated carbocycles. The normalized spacial score (nSPS) is 25.8. The second-order valence-corrected chi connectivity index (χ2v) is 14.7. The summed E-state index contributed by atoms with van der Waals surface area (Å²) >= 11 is 0. The Hall–Kier alpha value is -4.38. The minimum atomic E-state index is -1.11. The Morgan fingerprint density at radius 1 is 1.00 bits per heavy atom. The molecule has 2 N–H and O–H groups in total. The molecule has 1 saturated heterocycles. The van der Waals surface area contributed by atoms with Crippen LogP contribution in [-0.2, 0) is 33.6 Å². The van der Waals surface area contributed by atoms with E-state index in [0.29, 0.717) is 37.7 Å². The summed E-state index contributed by atoms with van der Waals surface area (Å²) in [6.07, 6.45) is 6.09. The van der Waals surface area contributed by atoms with Crippen LogP contribution in [0.1, 0.15) is 61.6 Å². The fourth-order valence-electron chi connectivity index (χ4n) is 8.00. The summed E-state index contributed by atoms with van der Waals surface area (Å²) < 4.78 is 19.0. The van der Waals surface area contributed by atoms with Crippen LogP contribution in [0.25, 0.3) is 10.9 Å². The fourth-order valence-corrected chi connectivity index (χ4v) is 8.00. The summed E-state index contributed by atoms with van der Waals surface area (Å²) in [7, 11) is 4.08. The molecule has 2 bridgehead atoms. The maximum Gasteiger partial charge on any atom is 0.408 e. The average molecular weight is 685 g/mol.